The quantitative estimate of drug-likeness (QED) is 0.313. The molecule has 108 valence electrons. The molecule has 0 aliphatic heterocycles. The minimum atomic E-state index is -3.66. The Labute approximate surface area is 114 Å². The van der Waals surface area contributed by atoms with E-state index in [1.165, 1.54) is 0 Å². The fraction of sp³-hybridized carbons (Fsp3) is 0.538. The van der Waals surface area contributed by atoms with E-state index in [9.17, 15) is 9.46 Å². The Bertz CT molecular complexity index is 425. The molecule has 0 aromatic heterocycles. The number of unbranched alkanes of at least 4 members (excludes halogenated alkanes) is 2. The zero-order chi connectivity index (χ0) is 14.1. The van der Waals surface area contributed by atoms with Crippen molar-refractivity contribution >= 4 is 13.3 Å². The van der Waals surface area contributed by atoms with Crippen molar-refractivity contribution in [3.8, 4) is 5.75 Å². The van der Waals surface area contributed by atoms with Gasteiger partial charge in [-0.15, -0.1) is 0 Å². The summed E-state index contributed by atoms with van der Waals surface area (Å²) in [5.41, 5.74) is 0.877. The van der Waals surface area contributed by atoms with Gasteiger partial charge in [-0.1, -0.05) is 30.5 Å². The standard InChI is InChI=1S/C13H22NO4P/c1-3-5-6-10-19(15,16)18-17-13-9-7-8-12(11-13)14-4-2/h7-9,11,14H,3-6,10H2,1-2H3,(H,15,16). The zero-order valence-corrected chi connectivity index (χ0v) is 12.4. The van der Waals surface area contributed by atoms with Gasteiger partial charge in [0.2, 0.25) is 0 Å². The highest BCUT2D eigenvalue weighted by Gasteiger charge is 2.21. The van der Waals surface area contributed by atoms with Crippen LogP contribution in [0.2, 0.25) is 0 Å². The molecule has 0 amide bonds. The van der Waals surface area contributed by atoms with Gasteiger partial charge in [-0.25, -0.2) is 0 Å². The first-order valence-electron chi connectivity index (χ1n) is 6.59. The Morgan fingerprint density at radius 2 is 2.11 bits per heavy atom. The maximum absolute atomic E-state index is 11.7. The Morgan fingerprint density at radius 3 is 2.79 bits per heavy atom. The van der Waals surface area contributed by atoms with Crippen LogP contribution in [0, 0.1) is 0 Å². The van der Waals surface area contributed by atoms with Gasteiger partial charge < -0.3 is 15.1 Å². The van der Waals surface area contributed by atoms with Gasteiger partial charge in [0.1, 0.15) is 0 Å². The van der Waals surface area contributed by atoms with Crippen LogP contribution >= 0.6 is 7.60 Å². The third-order valence-electron chi connectivity index (χ3n) is 2.51. The molecule has 2 N–H and O–H groups in total. The molecule has 1 unspecified atom stereocenters. The van der Waals surface area contributed by atoms with E-state index in [1.54, 1.807) is 18.2 Å². The van der Waals surface area contributed by atoms with Crippen molar-refractivity contribution in [2.45, 2.75) is 33.1 Å². The molecule has 0 radical (unpaired) electrons. The zero-order valence-electron chi connectivity index (χ0n) is 11.5. The van der Waals surface area contributed by atoms with Gasteiger partial charge in [-0.2, -0.15) is 0 Å². The number of hydrogen-bond acceptors (Lipinski definition) is 4. The fourth-order valence-corrected chi connectivity index (χ4v) is 2.46. The molecule has 0 saturated carbocycles. The molecule has 6 heteroatoms. The lowest BCUT2D eigenvalue weighted by Crippen LogP contribution is -2.00. The van der Waals surface area contributed by atoms with Gasteiger partial charge in [0, 0.05) is 18.3 Å². The van der Waals surface area contributed by atoms with Crippen LogP contribution in [0.4, 0.5) is 5.69 Å². The molecular weight excluding hydrogens is 265 g/mol. The van der Waals surface area contributed by atoms with Crippen LogP contribution in [-0.2, 0) is 9.24 Å². The Kier molecular flexibility index (Phi) is 6.92. The lowest BCUT2D eigenvalue weighted by Gasteiger charge is -2.11. The summed E-state index contributed by atoms with van der Waals surface area (Å²) in [6, 6.07) is 7.06. The molecule has 0 heterocycles. The first-order chi connectivity index (χ1) is 9.07. The van der Waals surface area contributed by atoms with Gasteiger partial charge in [0.25, 0.3) is 0 Å². The molecule has 0 bridgehead atoms. The highest BCUT2D eigenvalue weighted by atomic mass is 31.2. The van der Waals surface area contributed by atoms with Crippen LogP contribution < -0.4 is 10.2 Å². The summed E-state index contributed by atoms with van der Waals surface area (Å²) in [7, 11) is -3.66. The maximum Gasteiger partial charge on any atom is 0.366 e. The van der Waals surface area contributed by atoms with E-state index in [4.69, 9.17) is 4.89 Å². The second-order valence-corrected chi connectivity index (χ2v) is 6.16. The summed E-state index contributed by atoms with van der Waals surface area (Å²) in [4.78, 5) is 14.5. The number of rotatable bonds is 9. The van der Waals surface area contributed by atoms with Crippen LogP contribution in [0.5, 0.6) is 5.75 Å². The van der Waals surface area contributed by atoms with Gasteiger partial charge in [-0.3, -0.25) is 4.57 Å². The lowest BCUT2D eigenvalue weighted by molar-refractivity contribution is -0.109. The van der Waals surface area contributed by atoms with Gasteiger partial charge in [-0.05, 0) is 25.5 Å². The summed E-state index contributed by atoms with van der Waals surface area (Å²) in [6.07, 6.45) is 2.67. The van der Waals surface area contributed by atoms with Crippen molar-refractivity contribution in [2.75, 3.05) is 18.0 Å². The average molecular weight is 287 g/mol. The van der Waals surface area contributed by atoms with Crippen LogP contribution in [0.3, 0.4) is 0 Å². The average Bonchev–Trinajstić information content (AvgIpc) is 2.38. The summed E-state index contributed by atoms with van der Waals surface area (Å²) < 4.78 is 16.3. The predicted molar refractivity (Wildman–Crippen MR) is 76.5 cm³/mol. The van der Waals surface area contributed by atoms with Crippen molar-refractivity contribution in [1.82, 2.24) is 0 Å². The lowest BCUT2D eigenvalue weighted by atomic mass is 10.3. The van der Waals surface area contributed by atoms with Crippen molar-refractivity contribution in [2.24, 2.45) is 0 Å². The van der Waals surface area contributed by atoms with E-state index >= 15 is 0 Å². The largest absolute Gasteiger partial charge is 0.385 e. The van der Waals surface area contributed by atoms with E-state index in [0.717, 1.165) is 25.1 Å². The minimum absolute atomic E-state index is 0.119. The molecule has 1 aromatic carbocycles. The summed E-state index contributed by atoms with van der Waals surface area (Å²) >= 11 is 0. The molecule has 0 spiro atoms. The first-order valence-corrected chi connectivity index (χ1v) is 8.35. The Morgan fingerprint density at radius 1 is 1.32 bits per heavy atom. The second kappa shape index (κ2) is 8.20. The Hall–Kier alpha value is -1.03. The molecule has 1 rings (SSSR count). The molecular formula is C13H22NO4P. The van der Waals surface area contributed by atoms with E-state index < -0.39 is 7.60 Å². The van der Waals surface area contributed by atoms with Crippen LogP contribution in [0.25, 0.3) is 0 Å². The molecule has 5 nitrogen and oxygen atoms in total. The molecule has 1 atom stereocenters. The molecule has 0 aliphatic carbocycles. The highest BCUT2D eigenvalue weighted by Crippen LogP contribution is 2.43. The van der Waals surface area contributed by atoms with E-state index in [2.05, 4.69) is 9.99 Å². The fourth-order valence-electron chi connectivity index (χ4n) is 1.56. The maximum atomic E-state index is 11.7. The van der Waals surface area contributed by atoms with Crippen molar-refractivity contribution < 1.29 is 19.0 Å². The minimum Gasteiger partial charge on any atom is -0.385 e. The van der Waals surface area contributed by atoms with Crippen molar-refractivity contribution in [3.63, 3.8) is 0 Å². The number of anilines is 1. The van der Waals surface area contributed by atoms with Crippen LogP contribution in [0.1, 0.15) is 33.1 Å². The van der Waals surface area contributed by atoms with E-state index in [1.807, 2.05) is 19.9 Å². The summed E-state index contributed by atoms with van der Waals surface area (Å²) in [5.74, 6) is 0.406. The smallest absolute Gasteiger partial charge is 0.366 e. The monoisotopic (exact) mass is 287 g/mol. The van der Waals surface area contributed by atoms with Crippen LogP contribution in [0.15, 0.2) is 24.3 Å². The second-order valence-electron chi connectivity index (χ2n) is 4.28. The van der Waals surface area contributed by atoms with Crippen molar-refractivity contribution in [1.29, 1.82) is 0 Å². The number of hydrogen-bond donors (Lipinski definition) is 2. The van der Waals surface area contributed by atoms with E-state index in [0.29, 0.717) is 12.2 Å². The van der Waals surface area contributed by atoms with Gasteiger partial charge in [0.15, 0.2) is 5.75 Å². The van der Waals surface area contributed by atoms with Gasteiger partial charge >= 0.3 is 7.60 Å². The summed E-state index contributed by atoms with van der Waals surface area (Å²) in [5, 5.41) is 3.12. The van der Waals surface area contributed by atoms with Gasteiger partial charge in [0.05, 0.1) is 6.16 Å². The first kappa shape index (κ1) is 16.0. The topological polar surface area (TPSA) is 67.8 Å². The molecule has 1 aromatic rings. The molecule has 0 saturated heterocycles. The third kappa shape index (κ3) is 6.62. The highest BCUT2D eigenvalue weighted by molar-refractivity contribution is 7.52. The molecule has 19 heavy (non-hydrogen) atoms. The number of nitrogens with one attached hydrogen (secondary N) is 1. The summed E-state index contributed by atoms with van der Waals surface area (Å²) in [6.45, 7) is 4.81. The normalized spacial score (nSPS) is 13.8. The SMILES string of the molecule is CCCCCP(=O)(O)OOc1cccc(NCC)c1. The third-order valence-corrected chi connectivity index (χ3v) is 3.70. The molecule has 0 aliphatic rings. The predicted octanol–water partition coefficient (Wildman–Crippen LogP) is 3.80. The molecule has 0 fully saturated rings. The van der Waals surface area contributed by atoms with Crippen LogP contribution in [-0.4, -0.2) is 17.6 Å². The van der Waals surface area contributed by atoms with Crippen molar-refractivity contribution in [3.05, 3.63) is 24.3 Å². The number of benzene rings is 1. The van der Waals surface area contributed by atoms with E-state index in [-0.39, 0.29) is 6.16 Å². The Balaban J connectivity index is 2.46.